The molecule has 0 spiro atoms. The lowest BCUT2D eigenvalue weighted by atomic mass is 9.70. The first-order chi connectivity index (χ1) is 7.77. The molecule has 0 N–H and O–H groups in total. The minimum atomic E-state index is 0.568. The molecule has 0 aliphatic carbocycles. The Morgan fingerprint density at radius 1 is 1.19 bits per heavy atom. The highest BCUT2D eigenvalue weighted by Crippen LogP contribution is 2.24. The smallest absolute Gasteiger partial charge is 0.188 e. The maximum atomic E-state index is 5.82. The lowest BCUT2D eigenvalue weighted by molar-refractivity contribution is 0.192. The quantitative estimate of drug-likeness (QED) is 0.697. The third kappa shape index (κ3) is 2.57. The van der Waals surface area contributed by atoms with Crippen LogP contribution in [0, 0.1) is 5.92 Å². The van der Waals surface area contributed by atoms with Gasteiger partial charge in [-0.2, -0.15) is 0 Å². The molecule has 0 amide bonds. The van der Waals surface area contributed by atoms with Crippen LogP contribution in [0.5, 0.6) is 0 Å². The molecule has 0 aromatic heterocycles. The van der Waals surface area contributed by atoms with Gasteiger partial charge < -0.3 is 4.74 Å². The minimum absolute atomic E-state index is 0.568. The van der Waals surface area contributed by atoms with Crippen molar-refractivity contribution in [2.24, 2.45) is 5.92 Å². The zero-order valence-electron chi connectivity index (χ0n) is 9.94. The molecule has 1 heterocycles. The van der Waals surface area contributed by atoms with Crippen LogP contribution in [0.4, 0.5) is 0 Å². The number of benzene rings is 1. The van der Waals surface area contributed by atoms with Gasteiger partial charge in [0.15, 0.2) is 7.28 Å². The van der Waals surface area contributed by atoms with Gasteiger partial charge in [0, 0.05) is 0 Å². The molecule has 0 saturated heterocycles. The first-order valence-corrected chi connectivity index (χ1v) is 5.85. The van der Waals surface area contributed by atoms with Crippen molar-refractivity contribution in [3.63, 3.8) is 0 Å². The van der Waals surface area contributed by atoms with Gasteiger partial charge in [0.05, 0.1) is 6.61 Å². The van der Waals surface area contributed by atoms with Gasteiger partial charge in [0.1, 0.15) is 5.76 Å². The molecule has 0 bridgehead atoms. The summed E-state index contributed by atoms with van der Waals surface area (Å²) in [5, 5.41) is 0. The SMILES string of the molecule is CC(C)COC1=C(c2ccccc2)BC=C1. The van der Waals surface area contributed by atoms with Crippen LogP contribution in [0.2, 0.25) is 0 Å². The van der Waals surface area contributed by atoms with Crippen molar-refractivity contribution in [2.75, 3.05) is 6.61 Å². The second-order valence-corrected chi connectivity index (χ2v) is 4.52. The molecule has 2 heteroatoms. The molecule has 0 radical (unpaired) electrons. The van der Waals surface area contributed by atoms with Crippen molar-refractivity contribution in [1.29, 1.82) is 0 Å². The molecule has 1 aliphatic heterocycles. The number of rotatable bonds is 4. The van der Waals surface area contributed by atoms with E-state index in [4.69, 9.17) is 4.74 Å². The predicted octanol–water partition coefficient (Wildman–Crippen LogP) is 2.99. The van der Waals surface area contributed by atoms with Crippen LogP contribution >= 0.6 is 0 Å². The topological polar surface area (TPSA) is 9.23 Å². The molecule has 1 aliphatic rings. The lowest BCUT2D eigenvalue weighted by Gasteiger charge is -2.11. The molecule has 0 saturated carbocycles. The second kappa shape index (κ2) is 5.06. The van der Waals surface area contributed by atoms with E-state index in [9.17, 15) is 0 Å². The summed E-state index contributed by atoms with van der Waals surface area (Å²) in [4.78, 5) is 0. The molecule has 1 nitrogen and oxygen atoms in total. The van der Waals surface area contributed by atoms with Crippen molar-refractivity contribution < 1.29 is 4.74 Å². The summed E-state index contributed by atoms with van der Waals surface area (Å²) in [6.45, 7) is 5.12. The van der Waals surface area contributed by atoms with E-state index in [0.29, 0.717) is 5.92 Å². The van der Waals surface area contributed by atoms with Crippen molar-refractivity contribution in [3.05, 3.63) is 53.7 Å². The number of hydrogen-bond acceptors (Lipinski definition) is 1. The van der Waals surface area contributed by atoms with Crippen LogP contribution in [0.3, 0.4) is 0 Å². The Hall–Kier alpha value is -1.44. The van der Waals surface area contributed by atoms with E-state index >= 15 is 0 Å². The summed E-state index contributed by atoms with van der Waals surface area (Å²) in [5.74, 6) is 3.77. The normalized spacial score (nSPS) is 14.4. The Kier molecular flexibility index (Phi) is 3.50. The number of allylic oxidation sites excluding steroid dienone is 1. The van der Waals surface area contributed by atoms with Gasteiger partial charge in [0.25, 0.3) is 0 Å². The van der Waals surface area contributed by atoms with Gasteiger partial charge in [-0.1, -0.05) is 44.2 Å². The van der Waals surface area contributed by atoms with E-state index in [0.717, 1.165) is 19.6 Å². The minimum Gasteiger partial charge on any atom is -0.494 e. The average molecular weight is 212 g/mol. The Labute approximate surface area is 98.1 Å². The van der Waals surface area contributed by atoms with E-state index in [2.05, 4.69) is 50.2 Å². The van der Waals surface area contributed by atoms with Crippen molar-refractivity contribution >= 4 is 12.8 Å². The highest BCUT2D eigenvalue weighted by molar-refractivity contribution is 6.67. The fourth-order valence-corrected chi connectivity index (χ4v) is 1.78. The van der Waals surface area contributed by atoms with E-state index in [1.807, 2.05) is 6.07 Å². The highest BCUT2D eigenvalue weighted by Gasteiger charge is 2.13. The Morgan fingerprint density at radius 3 is 2.62 bits per heavy atom. The molecule has 0 fully saturated rings. The van der Waals surface area contributed by atoms with Gasteiger partial charge >= 0.3 is 0 Å². The Morgan fingerprint density at radius 2 is 1.94 bits per heavy atom. The maximum Gasteiger partial charge on any atom is 0.188 e. The fourth-order valence-electron chi connectivity index (χ4n) is 1.78. The average Bonchev–Trinajstić information content (AvgIpc) is 2.75. The van der Waals surface area contributed by atoms with Crippen LogP contribution in [0.1, 0.15) is 19.4 Å². The van der Waals surface area contributed by atoms with Gasteiger partial charge in [-0.25, -0.2) is 0 Å². The summed E-state index contributed by atoms with van der Waals surface area (Å²) in [6, 6.07) is 10.5. The van der Waals surface area contributed by atoms with E-state index in [-0.39, 0.29) is 0 Å². The molecular formula is C14H17BO. The van der Waals surface area contributed by atoms with Crippen LogP contribution in [-0.4, -0.2) is 13.9 Å². The Balaban J connectivity index is 2.16. The first kappa shape index (κ1) is 11.1. The summed E-state index contributed by atoms with van der Waals surface area (Å²) >= 11 is 0. The molecule has 82 valence electrons. The third-order valence-electron chi connectivity index (χ3n) is 2.58. The molecule has 0 atom stereocenters. The molecule has 1 aromatic rings. The lowest BCUT2D eigenvalue weighted by Crippen LogP contribution is -2.02. The molecule has 16 heavy (non-hydrogen) atoms. The summed E-state index contributed by atoms with van der Waals surface area (Å²) in [7, 11) is 0.984. The Bertz CT molecular complexity index is 404. The number of hydrogen-bond donors (Lipinski definition) is 0. The maximum absolute atomic E-state index is 5.82. The molecule has 0 unspecified atom stereocenters. The third-order valence-corrected chi connectivity index (χ3v) is 2.58. The zero-order chi connectivity index (χ0) is 11.4. The van der Waals surface area contributed by atoms with Crippen LogP contribution in [-0.2, 0) is 4.74 Å². The highest BCUT2D eigenvalue weighted by atomic mass is 16.5. The first-order valence-electron chi connectivity index (χ1n) is 5.85. The van der Waals surface area contributed by atoms with Gasteiger partial charge in [0.2, 0.25) is 0 Å². The van der Waals surface area contributed by atoms with Crippen LogP contribution in [0.25, 0.3) is 5.47 Å². The van der Waals surface area contributed by atoms with Gasteiger partial charge in [-0.05, 0) is 23.0 Å². The summed E-state index contributed by atoms with van der Waals surface area (Å²) in [5.41, 5.74) is 2.58. The molecular weight excluding hydrogens is 195 g/mol. The largest absolute Gasteiger partial charge is 0.494 e. The summed E-state index contributed by atoms with van der Waals surface area (Å²) < 4.78 is 5.82. The molecule has 1 aromatic carbocycles. The van der Waals surface area contributed by atoms with Crippen molar-refractivity contribution in [3.8, 4) is 0 Å². The second-order valence-electron chi connectivity index (χ2n) is 4.52. The zero-order valence-corrected chi connectivity index (χ0v) is 9.94. The van der Waals surface area contributed by atoms with Crippen molar-refractivity contribution in [2.45, 2.75) is 13.8 Å². The van der Waals surface area contributed by atoms with Crippen molar-refractivity contribution in [1.82, 2.24) is 0 Å². The van der Waals surface area contributed by atoms with E-state index in [1.54, 1.807) is 0 Å². The van der Waals surface area contributed by atoms with Crippen LogP contribution < -0.4 is 0 Å². The standard InChI is InChI=1S/C14H17BO/c1-11(2)10-16-13-8-9-15-14(13)12-6-4-3-5-7-12/h3-9,11,15H,10H2,1-2H3. The monoisotopic (exact) mass is 212 g/mol. The molecule has 2 rings (SSSR count). The van der Waals surface area contributed by atoms with Gasteiger partial charge in [-0.15, -0.1) is 5.98 Å². The predicted molar refractivity (Wildman–Crippen MR) is 70.4 cm³/mol. The summed E-state index contributed by atoms with van der Waals surface area (Å²) in [6.07, 6.45) is 2.09. The fraction of sp³-hybridized carbons (Fsp3) is 0.286. The number of ether oxygens (including phenoxy) is 1. The van der Waals surface area contributed by atoms with E-state index < -0.39 is 0 Å². The van der Waals surface area contributed by atoms with E-state index in [1.165, 1.54) is 11.0 Å². The van der Waals surface area contributed by atoms with Crippen LogP contribution in [0.15, 0.2) is 48.1 Å². The van der Waals surface area contributed by atoms with Gasteiger partial charge in [-0.3, -0.25) is 0 Å².